The molecule has 1 fully saturated rings. The number of amides is 1. The number of anilines is 1. The van der Waals surface area contributed by atoms with Gasteiger partial charge in [-0.25, -0.2) is 9.97 Å². The summed E-state index contributed by atoms with van der Waals surface area (Å²) in [4.78, 5) is 20.5. The van der Waals surface area contributed by atoms with Gasteiger partial charge in [-0.3, -0.25) is 9.89 Å². The summed E-state index contributed by atoms with van der Waals surface area (Å²) in [5.74, 6) is 1.93. The first-order valence-electron chi connectivity index (χ1n) is 7.02. The lowest BCUT2D eigenvalue weighted by Gasteiger charge is -2.04. The molecule has 0 radical (unpaired) electrons. The van der Waals surface area contributed by atoms with Gasteiger partial charge >= 0.3 is 0 Å². The zero-order valence-corrected chi connectivity index (χ0v) is 12.4. The molecule has 1 aliphatic rings. The van der Waals surface area contributed by atoms with Crippen molar-refractivity contribution >= 4 is 22.9 Å². The third-order valence-electron chi connectivity index (χ3n) is 3.51. The van der Waals surface area contributed by atoms with E-state index in [1.165, 1.54) is 24.2 Å². The van der Waals surface area contributed by atoms with Gasteiger partial charge in [0.2, 0.25) is 0 Å². The Morgan fingerprint density at radius 1 is 1.36 bits per heavy atom. The average molecular weight is 311 g/mol. The van der Waals surface area contributed by atoms with E-state index in [0.717, 1.165) is 11.4 Å². The Labute approximate surface area is 130 Å². The summed E-state index contributed by atoms with van der Waals surface area (Å²) in [5.41, 5.74) is 3.63. The van der Waals surface area contributed by atoms with Gasteiger partial charge in [0.05, 0.1) is 5.51 Å². The van der Waals surface area contributed by atoms with Crippen molar-refractivity contribution in [1.82, 2.24) is 20.2 Å². The van der Waals surface area contributed by atoms with E-state index < -0.39 is 0 Å². The quantitative estimate of drug-likeness (QED) is 0.775. The van der Waals surface area contributed by atoms with Crippen LogP contribution in [0.4, 0.5) is 5.69 Å². The number of nitrogens with zero attached hydrogens (tertiary/aromatic N) is 3. The van der Waals surface area contributed by atoms with Crippen LogP contribution in [0.1, 0.15) is 35.1 Å². The molecule has 0 atom stereocenters. The highest BCUT2D eigenvalue weighted by atomic mass is 32.1. The van der Waals surface area contributed by atoms with Gasteiger partial charge in [0.25, 0.3) is 5.91 Å². The predicted octanol–water partition coefficient (Wildman–Crippen LogP) is 3.06. The number of carbonyl (C=O) groups excluding carboxylic acids is 1. The zero-order chi connectivity index (χ0) is 14.9. The molecule has 7 heteroatoms. The summed E-state index contributed by atoms with van der Waals surface area (Å²) in [6.45, 7) is 0. The van der Waals surface area contributed by atoms with Gasteiger partial charge in [0.1, 0.15) is 11.5 Å². The second-order valence-corrected chi connectivity index (χ2v) is 5.95. The van der Waals surface area contributed by atoms with E-state index in [1.54, 1.807) is 10.9 Å². The van der Waals surface area contributed by atoms with Gasteiger partial charge in [0, 0.05) is 22.5 Å². The van der Waals surface area contributed by atoms with Gasteiger partial charge in [-0.1, -0.05) is 12.1 Å². The Morgan fingerprint density at radius 2 is 2.27 bits per heavy atom. The van der Waals surface area contributed by atoms with Crippen LogP contribution in [0, 0.1) is 0 Å². The smallest absolute Gasteiger partial charge is 0.275 e. The van der Waals surface area contributed by atoms with Gasteiger partial charge < -0.3 is 5.32 Å². The van der Waals surface area contributed by atoms with Crippen LogP contribution in [0.2, 0.25) is 0 Å². The predicted molar refractivity (Wildman–Crippen MR) is 83.9 cm³/mol. The van der Waals surface area contributed by atoms with Crippen LogP contribution in [0.3, 0.4) is 0 Å². The minimum absolute atomic E-state index is 0.216. The van der Waals surface area contributed by atoms with Crippen molar-refractivity contribution in [3.05, 3.63) is 46.7 Å². The van der Waals surface area contributed by atoms with Crippen LogP contribution >= 0.6 is 11.3 Å². The lowest BCUT2D eigenvalue weighted by molar-refractivity contribution is 0.102. The summed E-state index contributed by atoms with van der Waals surface area (Å²) >= 11 is 1.39. The first kappa shape index (κ1) is 13.1. The Kier molecular flexibility index (Phi) is 3.19. The molecule has 4 rings (SSSR count). The molecule has 0 aliphatic heterocycles. The van der Waals surface area contributed by atoms with E-state index in [9.17, 15) is 4.79 Å². The average Bonchev–Trinajstić information content (AvgIpc) is 3.06. The second-order valence-electron chi connectivity index (χ2n) is 5.23. The van der Waals surface area contributed by atoms with Crippen LogP contribution in [-0.2, 0) is 0 Å². The molecule has 1 amide bonds. The van der Waals surface area contributed by atoms with Crippen molar-refractivity contribution < 1.29 is 4.79 Å². The van der Waals surface area contributed by atoms with Crippen molar-refractivity contribution in [3.8, 4) is 11.4 Å². The fraction of sp³-hybridized carbons (Fsp3) is 0.200. The molecule has 0 saturated heterocycles. The molecular formula is C15H13N5OS. The van der Waals surface area contributed by atoms with Crippen LogP contribution in [0.25, 0.3) is 11.4 Å². The summed E-state index contributed by atoms with van der Waals surface area (Å²) in [5, 5.41) is 11.8. The van der Waals surface area contributed by atoms with Gasteiger partial charge in [-0.15, -0.1) is 11.3 Å². The zero-order valence-electron chi connectivity index (χ0n) is 11.6. The Bertz CT molecular complexity index is 807. The van der Waals surface area contributed by atoms with Crippen molar-refractivity contribution in [3.63, 3.8) is 0 Å². The normalized spacial score (nSPS) is 14.0. The molecule has 2 heterocycles. The number of benzene rings is 1. The number of H-pyrrole nitrogens is 1. The molecule has 2 aromatic heterocycles. The largest absolute Gasteiger partial charge is 0.321 e. The van der Waals surface area contributed by atoms with E-state index in [0.29, 0.717) is 23.1 Å². The Morgan fingerprint density at radius 3 is 3.05 bits per heavy atom. The SMILES string of the molecule is O=C(Nc1cccc(-c2n[nH]c(C3CC3)n2)c1)c1cscn1. The van der Waals surface area contributed by atoms with E-state index in [1.807, 2.05) is 24.3 Å². The van der Waals surface area contributed by atoms with E-state index >= 15 is 0 Å². The molecule has 22 heavy (non-hydrogen) atoms. The summed E-state index contributed by atoms with van der Waals surface area (Å²) < 4.78 is 0. The minimum atomic E-state index is -0.216. The van der Waals surface area contributed by atoms with E-state index in [4.69, 9.17) is 0 Å². The maximum Gasteiger partial charge on any atom is 0.275 e. The molecule has 110 valence electrons. The van der Waals surface area contributed by atoms with Crippen LogP contribution in [0.15, 0.2) is 35.2 Å². The number of hydrogen-bond acceptors (Lipinski definition) is 5. The highest BCUT2D eigenvalue weighted by Gasteiger charge is 2.27. The highest BCUT2D eigenvalue weighted by Crippen LogP contribution is 2.38. The molecule has 6 nitrogen and oxygen atoms in total. The monoisotopic (exact) mass is 311 g/mol. The maximum absolute atomic E-state index is 12.0. The third kappa shape index (κ3) is 2.62. The molecule has 2 N–H and O–H groups in total. The molecule has 0 unspecified atom stereocenters. The maximum atomic E-state index is 12.0. The van der Waals surface area contributed by atoms with Gasteiger partial charge in [0.15, 0.2) is 5.82 Å². The lowest BCUT2D eigenvalue weighted by atomic mass is 10.2. The molecule has 0 spiro atoms. The highest BCUT2D eigenvalue weighted by molar-refractivity contribution is 7.07. The molecular weight excluding hydrogens is 298 g/mol. The standard InChI is InChI=1S/C15H13N5OS/c21-15(12-7-22-8-16-12)17-11-3-1-2-10(6-11)14-18-13(19-20-14)9-4-5-9/h1-3,6-9H,4-5H2,(H,17,21)(H,18,19,20). The van der Waals surface area contributed by atoms with Gasteiger partial charge in [-0.05, 0) is 25.0 Å². The van der Waals surface area contributed by atoms with Crippen LogP contribution in [-0.4, -0.2) is 26.1 Å². The summed E-state index contributed by atoms with van der Waals surface area (Å²) in [6, 6.07) is 7.50. The molecule has 0 bridgehead atoms. The fourth-order valence-corrected chi connectivity index (χ4v) is 2.73. The first-order chi connectivity index (χ1) is 10.8. The minimum Gasteiger partial charge on any atom is -0.321 e. The van der Waals surface area contributed by atoms with Crippen molar-refractivity contribution in [2.45, 2.75) is 18.8 Å². The molecule has 1 saturated carbocycles. The second kappa shape index (κ2) is 5.34. The van der Waals surface area contributed by atoms with Crippen LogP contribution < -0.4 is 5.32 Å². The number of aromatic amines is 1. The number of aromatic nitrogens is 4. The topological polar surface area (TPSA) is 83.6 Å². The summed E-state index contributed by atoms with van der Waals surface area (Å²) in [6.07, 6.45) is 2.36. The first-order valence-corrected chi connectivity index (χ1v) is 7.96. The van der Waals surface area contributed by atoms with Crippen LogP contribution in [0.5, 0.6) is 0 Å². The lowest BCUT2D eigenvalue weighted by Crippen LogP contribution is -2.12. The van der Waals surface area contributed by atoms with Crippen molar-refractivity contribution in [2.24, 2.45) is 0 Å². The Balaban J connectivity index is 1.55. The molecule has 1 aromatic carbocycles. The number of carbonyl (C=O) groups is 1. The molecule has 3 aromatic rings. The number of nitrogens with one attached hydrogen (secondary N) is 2. The number of hydrogen-bond donors (Lipinski definition) is 2. The van der Waals surface area contributed by atoms with Crippen molar-refractivity contribution in [1.29, 1.82) is 0 Å². The number of rotatable bonds is 4. The summed E-state index contributed by atoms with van der Waals surface area (Å²) in [7, 11) is 0. The number of thiazole rings is 1. The third-order valence-corrected chi connectivity index (χ3v) is 4.10. The molecule has 1 aliphatic carbocycles. The fourth-order valence-electron chi connectivity index (χ4n) is 2.20. The van der Waals surface area contributed by atoms with Gasteiger partial charge in [-0.2, -0.15) is 5.10 Å². The van der Waals surface area contributed by atoms with E-state index in [2.05, 4.69) is 25.5 Å². The van der Waals surface area contributed by atoms with Crippen molar-refractivity contribution in [2.75, 3.05) is 5.32 Å². The Hall–Kier alpha value is -2.54. The van der Waals surface area contributed by atoms with E-state index in [-0.39, 0.29) is 5.91 Å².